The number of hydrogen-bond donors (Lipinski definition) is 1. The van der Waals surface area contributed by atoms with Gasteiger partial charge in [0, 0.05) is 13.6 Å². The largest absolute Gasteiger partial charge is 0.406 e. The van der Waals surface area contributed by atoms with Gasteiger partial charge in [-0.25, -0.2) is 0 Å². The monoisotopic (exact) mass is 246 g/mol. The SMILES string of the molecule is Cc1cccc(CN(C)c2nnc(C(C)N)o2)c1. The summed E-state index contributed by atoms with van der Waals surface area (Å²) < 4.78 is 5.49. The molecule has 2 aromatic rings. The van der Waals surface area contributed by atoms with Gasteiger partial charge in [0.2, 0.25) is 5.89 Å². The van der Waals surface area contributed by atoms with Crippen molar-refractivity contribution in [1.29, 1.82) is 0 Å². The highest BCUT2D eigenvalue weighted by Gasteiger charge is 2.13. The van der Waals surface area contributed by atoms with Crippen LogP contribution in [0.5, 0.6) is 0 Å². The topological polar surface area (TPSA) is 68.2 Å². The highest BCUT2D eigenvalue weighted by atomic mass is 16.4. The van der Waals surface area contributed by atoms with Crippen LogP contribution in [-0.2, 0) is 6.54 Å². The molecule has 1 unspecified atom stereocenters. The van der Waals surface area contributed by atoms with Crippen LogP contribution in [0.2, 0.25) is 0 Å². The van der Waals surface area contributed by atoms with Gasteiger partial charge in [-0.05, 0) is 19.4 Å². The van der Waals surface area contributed by atoms with Gasteiger partial charge in [-0.3, -0.25) is 0 Å². The van der Waals surface area contributed by atoms with E-state index in [0.717, 1.165) is 6.54 Å². The number of aromatic nitrogens is 2. The lowest BCUT2D eigenvalue weighted by molar-refractivity contribution is 0.460. The normalized spacial score (nSPS) is 12.4. The first-order chi connectivity index (χ1) is 8.56. The average Bonchev–Trinajstić information content (AvgIpc) is 2.78. The second-order valence-corrected chi connectivity index (χ2v) is 4.56. The molecule has 0 saturated heterocycles. The molecule has 0 amide bonds. The molecule has 5 heteroatoms. The van der Waals surface area contributed by atoms with Gasteiger partial charge in [-0.15, -0.1) is 5.10 Å². The minimum absolute atomic E-state index is 0.237. The Balaban J connectivity index is 2.09. The zero-order valence-electron chi connectivity index (χ0n) is 10.9. The molecule has 5 nitrogen and oxygen atoms in total. The average molecular weight is 246 g/mol. The lowest BCUT2D eigenvalue weighted by Gasteiger charge is -2.14. The van der Waals surface area contributed by atoms with Gasteiger partial charge in [-0.2, -0.15) is 0 Å². The summed E-state index contributed by atoms with van der Waals surface area (Å²) in [4.78, 5) is 1.91. The second kappa shape index (κ2) is 5.18. The van der Waals surface area contributed by atoms with Crippen molar-refractivity contribution in [2.24, 2.45) is 5.73 Å². The molecule has 2 rings (SSSR count). The van der Waals surface area contributed by atoms with Gasteiger partial charge in [0.15, 0.2) is 0 Å². The summed E-state index contributed by atoms with van der Waals surface area (Å²) in [6, 6.07) is 8.58. The van der Waals surface area contributed by atoms with Crippen molar-refractivity contribution in [3.05, 3.63) is 41.3 Å². The zero-order chi connectivity index (χ0) is 13.1. The van der Waals surface area contributed by atoms with Crippen LogP contribution in [0.4, 0.5) is 6.01 Å². The van der Waals surface area contributed by atoms with Crippen LogP contribution in [0, 0.1) is 6.92 Å². The van der Waals surface area contributed by atoms with E-state index in [9.17, 15) is 0 Å². The molecular formula is C13H18N4O. The number of nitrogens with zero attached hydrogens (tertiary/aromatic N) is 3. The summed E-state index contributed by atoms with van der Waals surface area (Å²) in [6.45, 7) is 4.62. The molecule has 2 N–H and O–H groups in total. The molecule has 0 fully saturated rings. The Hall–Kier alpha value is -1.88. The number of rotatable bonds is 4. The lowest BCUT2D eigenvalue weighted by Crippen LogP contribution is -2.16. The lowest BCUT2D eigenvalue weighted by atomic mass is 10.1. The van der Waals surface area contributed by atoms with Crippen molar-refractivity contribution < 1.29 is 4.42 Å². The minimum atomic E-state index is -0.237. The number of anilines is 1. The third-order valence-corrected chi connectivity index (χ3v) is 2.65. The molecule has 0 spiro atoms. The molecule has 0 radical (unpaired) electrons. The van der Waals surface area contributed by atoms with E-state index in [0.29, 0.717) is 11.9 Å². The van der Waals surface area contributed by atoms with Gasteiger partial charge in [0.05, 0.1) is 6.04 Å². The van der Waals surface area contributed by atoms with Gasteiger partial charge in [0.1, 0.15) is 0 Å². The van der Waals surface area contributed by atoms with E-state index in [1.165, 1.54) is 11.1 Å². The van der Waals surface area contributed by atoms with E-state index < -0.39 is 0 Å². The Morgan fingerprint density at radius 1 is 1.39 bits per heavy atom. The van der Waals surface area contributed by atoms with Gasteiger partial charge in [0.25, 0.3) is 0 Å². The molecule has 0 aliphatic carbocycles. The quantitative estimate of drug-likeness (QED) is 0.894. The second-order valence-electron chi connectivity index (χ2n) is 4.56. The van der Waals surface area contributed by atoms with Crippen LogP contribution in [0.25, 0.3) is 0 Å². The van der Waals surface area contributed by atoms with E-state index >= 15 is 0 Å². The standard InChI is InChI=1S/C13H18N4O/c1-9-5-4-6-11(7-9)8-17(3)13-16-15-12(18-13)10(2)14/h4-7,10H,8,14H2,1-3H3. The summed E-state index contributed by atoms with van der Waals surface area (Å²) >= 11 is 0. The maximum absolute atomic E-state index is 5.68. The molecule has 1 atom stereocenters. The highest BCUT2D eigenvalue weighted by molar-refractivity contribution is 5.29. The Morgan fingerprint density at radius 2 is 2.17 bits per heavy atom. The fourth-order valence-electron chi connectivity index (χ4n) is 1.72. The molecule has 0 bridgehead atoms. The predicted octanol–water partition coefficient (Wildman–Crippen LogP) is 2.03. The third-order valence-electron chi connectivity index (χ3n) is 2.65. The van der Waals surface area contributed by atoms with Gasteiger partial charge < -0.3 is 15.1 Å². The van der Waals surface area contributed by atoms with Crippen LogP contribution >= 0.6 is 0 Å². The summed E-state index contributed by atoms with van der Waals surface area (Å²) in [5.41, 5.74) is 8.13. The Bertz CT molecular complexity index is 521. The van der Waals surface area contributed by atoms with E-state index in [2.05, 4.69) is 35.3 Å². The van der Waals surface area contributed by atoms with Crippen molar-refractivity contribution in [1.82, 2.24) is 10.2 Å². The van der Waals surface area contributed by atoms with Crippen LogP contribution in [0.1, 0.15) is 30.0 Å². The van der Waals surface area contributed by atoms with Crippen molar-refractivity contribution in [2.75, 3.05) is 11.9 Å². The molecule has 1 heterocycles. The first-order valence-electron chi connectivity index (χ1n) is 5.92. The van der Waals surface area contributed by atoms with Gasteiger partial charge in [-0.1, -0.05) is 34.9 Å². The minimum Gasteiger partial charge on any atom is -0.406 e. The van der Waals surface area contributed by atoms with Crippen LogP contribution in [-0.4, -0.2) is 17.2 Å². The van der Waals surface area contributed by atoms with E-state index in [1.807, 2.05) is 24.9 Å². The fourth-order valence-corrected chi connectivity index (χ4v) is 1.72. The van der Waals surface area contributed by atoms with Crippen LogP contribution in [0.15, 0.2) is 28.7 Å². The first-order valence-corrected chi connectivity index (χ1v) is 5.92. The summed E-state index contributed by atoms with van der Waals surface area (Å²) in [6.07, 6.45) is 0. The van der Waals surface area contributed by atoms with E-state index in [1.54, 1.807) is 0 Å². The molecule has 0 aliphatic heterocycles. The highest BCUT2D eigenvalue weighted by Crippen LogP contribution is 2.17. The molecule has 18 heavy (non-hydrogen) atoms. The number of hydrogen-bond acceptors (Lipinski definition) is 5. The molecule has 1 aromatic carbocycles. The Kier molecular flexibility index (Phi) is 3.62. The first kappa shape index (κ1) is 12.6. The molecule has 96 valence electrons. The van der Waals surface area contributed by atoms with Gasteiger partial charge >= 0.3 is 6.01 Å². The zero-order valence-corrected chi connectivity index (χ0v) is 10.9. The van der Waals surface area contributed by atoms with Crippen molar-refractivity contribution >= 4 is 6.01 Å². The molecule has 1 aromatic heterocycles. The summed E-state index contributed by atoms with van der Waals surface area (Å²) in [5, 5.41) is 7.90. The van der Waals surface area contributed by atoms with Crippen molar-refractivity contribution in [3.8, 4) is 0 Å². The third kappa shape index (κ3) is 2.87. The van der Waals surface area contributed by atoms with Crippen molar-refractivity contribution in [2.45, 2.75) is 26.4 Å². The van der Waals surface area contributed by atoms with Crippen LogP contribution < -0.4 is 10.6 Å². The van der Waals surface area contributed by atoms with E-state index in [4.69, 9.17) is 10.2 Å². The maximum atomic E-state index is 5.68. The fraction of sp³-hybridized carbons (Fsp3) is 0.385. The number of aryl methyl sites for hydroxylation is 1. The summed E-state index contributed by atoms with van der Waals surface area (Å²) in [7, 11) is 1.92. The Labute approximate surface area is 107 Å². The molecule has 0 aliphatic rings. The Morgan fingerprint density at radius 3 is 2.78 bits per heavy atom. The predicted molar refractivity (Wildman–Crippen MR) is 70.2 cm³/mol. The number of benzene rings is 1. The number of nitrogens with two attached hydrogens (primary N) is 1. The molecule has 0 saturated carbocycles. The maximum Gasteiger partial charge on any atom is 0.318 e. The summed E-state index contributed by atoms with van der Waals surface area (Å²) in [5.74, 6) is 0.459. The van der Waals surface area contributed by atoms with Crippen molar-refractivity contribution in [3.63, 3.8) is 0 Å². The smallest absolute Gasteiger partial charge is 0.318 e. The van der Waals surface area contributed by atoms with E-state index in [-0.39, 0.29) is 6.04 Å². The van der Waals surface area contributed by atoms with Crippen LogP contribution in [0.3, 0.4) is 0 Å². The molecular weight excluding hydrogens is 228 g/mol.